The molecule has 2 aromatic rings. The third-order valence-corrected chi connectivity index (χ3v) is 4.57. The Hall–Kier alpha value is -2.18. The molecule has 0 aromatic heterocycles. The topological polar surface area (TPSA) is 63.7 Å². The summed E-state index contributed by atoms with van der Waals surface area (Å²) in [7, 11) is 0. The van der Waals surface area contributed by atoms with Crippen LogP contribution in [0.3, 0.4) is 0 Å². The van der Waals surface area contributed by atoms with Gasteiger partial charge in [0.2, 0.25) is 0 Å². The minimum atomic E-state index is -0.566. The lowest BCUT2D eigenvalue weighted by Crippen LogP contribution is -2.32. The van der Waals surface area contributed by atoms with Crippen LogP contribution < -0.4 is 4.74 Å². The van der Waals surface area contributed by atoms with Crippen molar-refractivity contribution in [3.05, 3.63) is 62.6 Å². The minimum absolute atomic E-state index is 0.0433. The predicted molar refractivity (Wildman–Crippen MR) is 96.0 cm³/mol. The van der Waals surface area contributed by atoms with E-state index in [2.05, 4.69) is 15.9 Å². The summed E-state index contributed by atoms with van der Waals surface area (Å²) < 4.78 is 6.08. The smallest absolute Gasteiger partial charge is 0.313 e. The number of esters is 1. The molecule has 0 atom stereocenters. The molecule has 0 radical (unpaired) electrons. The Bertz CT molecular complexity index is 838. The molecule has 5 nitrogen and oxygen atoms in total. The van der Waals surface area contributed by atoms with Gasteiger partial charge in [0.05, 0.1) is 22.6 Å². The summed E-state index contributed by atoms with van der Waals surface area (Å²) in [6.45, 7) is 1.72. The largest absolute Gasteiger partial charge is 0.425 e. The molecule has 0 saturated heterocycles. The number of aryl methyl sites for hydroxylation is 1. The van der Waals surface area contributed by atoms with Gasteiger partial charge in [-0.25, -0.2) is 0 Å². The molecule has 2 aromatic carbocycles. The molecule has 0 aliphatic carbocycles. The van der Waals surface area contributed by atoms with Gasteiger partial charge in [0.25, 0.3) is 11.8 Å². The summed E-state index contributed by atoms with van der Waals surface area (Å²) in [6.07, 6.45) is -0.114. The first-order chi connectivity index (χ1) is 11.9. The van der Waals surface area contributed by atoms with Crippen molar-refractivity contribution < 1.29 is 19.1 Å². The SMILES string of the molecule is Cc1cc(Br)cc(Cl)c1OC(=O)CCN1C(=O)c2ccccc2C1=O. The lowest BCUT2D eigenvalue weighted by atomic mass is 10.1. The minimum Gasteiger partial charge on any atom is -0.425 e. The van der Waals surface area contributed by atoms with Crippen molar-refractivity contribution in [3.8, 4) is 5.75 Å². The first-order valence-corrected chi connectivity index (χ1v) is 8.67. The van der Waals surface area contributed by atoms with Gasteiger partial charge in [-0.15, -0.1) is 0 Å². The van der Waals surface area contributed by atoms with Gasteiger partial charge >= 0.3 is 5.97 Å². The highest BCUT2D eigenvalue weighted by atomic mass is 79.9. The number of hydrogen-bond donors (Lipinski definition) is 0. The van der Waals surface area contributed by atoms with Gasteiger partial charge in [0.15, 0.2) is 5.75 Å². The number of amides is 2. The van der Waals surface area contributed by atoms with Crippen LogP contribution in [0, 0.1) is 6.92 Å². The monoisotopic (exact) mass is 421 g/mol. The van der Waals surface area contributed by atoms with Crippen molar-refractivity contribution in [1.29, 1.82) is 0 Å². The van der Waals surface area contributed by atoms with Crippen LogP contribution in [0.1, 0.15) is 32.7 Å². The third kappa shape index (κ3) is 3.45. The van der Waals surface area contributed by atoms with Crippen LogP contribution in [-0.2, 0) is 4.79 Å². The average molecular weight is 423 g/mol. The lowest BCUT2D eigenvalue weighted by molar-refractivity contribution is -0.134. The Morgan fingerprint density at radius 3 is 2.32 bits per heavy atom. The van der Waals surface area contributed by atoms with E-state index in [1.54, 1.807) is 43.3 Å². The van der Waals surface area contributed by atoms with Crippen molar-refractivity contribution >= 4 is 45.3 Å². The molecular formula is C18H13BrClNO4. The van der Waals surface area contributed by atoms with Crippen LogP contribution in [0.4, 0.5) is 0 Å². The number of nitrogens with zero attached hydrogens (tertiary/aromatic N) is 1. The molecule has 0 unspecified atom stereocenters. The molecule has 0 spiro atoms. The maximum Gasteiger partial charge on any atom is 0.313 e. The van der Waals surface area contributed by atoms with Crippen LogP contribution >= 0.6 is 27.5 Å². The van der Waals surface area contributed by atoms with Crippen LogP contribution in [-0.4, -0.2) is 29.2 Å². The van der Waals surface area contributed by atoms with E-state index in [9.17, 15) is 14.4 Å². The molecule has 0 fully saturated rings. The predicted octanol–water partition coefficient (Wildman–Crippen LogP) is 4.00. The zero-order valence-corrected chi connectivity index (χ0v) is 15.6. The van der Waals surface area contributed by atoms with Crippen LogP contribution in [0.25, 0.3) is 0 Å². The maximum atomic E-state index is 12.3. The molecule has 7 heteroatoms. The van der Waals surface area contributed by atoms with Gasteiger partial charge in [-0.05, 0) is 36.8 Å². The van der Waals surface area contributed by atoms with Crippen LogP contribution in [0.15, 0.2) is 40.9 Å². The number of halogens is 2. The van der Waals surface area contributed by atoms with Gasteiger partial charge < -0.3 is 4.74 Å². The van der Waals surface area contributed by atoms with Crippen LogP contribution in [0.2, 0.25) is 5.02 Å². The van der Waals surface area contributed by atoms with Crippen molar-refractivity contribution in [2.75, 3.05) is 6.54 Å². The van der Waals surface area contributed by atoms with Crippen molar-refractivity contribution in [3.63, 3.8) is 0 Å². The van der Waals surface area contributed by atoms with E-state index in [1.807, 2.05) is 0 Å². The van der Waals surface area contributed by atoms with E-state index in [0.29, 0.717) is 21.7 Å². The van der Waals surface area contributed by atoms with E-state index in [0.717, 1.165) is 9.37 Å². The van der Waals surface area contributed by atoms with Crippen molar-refractivity contribution in [2.45, 2.75) is 13.3 Å². The van der Waals surface area contributed by atoms with Crippen molar-refractivity contribution in [1.82, 2.24) is 4.90 Å². The van der Waals surface area contributed by atoms with Gasteiger partial charge in [-0.3, -0.25) is 19.3 Å². The normalized spacial score (nSPS) is 13.2. The molecule has 1 aliphatic heterocycles. The molecule has 3 rings (SSSR count). The van der Waals surface area contributed by atoms with Gasteiger partial charge in [-0.2, -0.15) is 0 Å². The number of carbonyl (C=O) groups excluding carboxylic acids is 3. The summed E-state index contributed by atoms with van der Waals surface area (Å²) in [6, 6.07) is 9.98. The van der Waals surface area contributed by atoms with E-state index < -0.39 is 17.8 Å². The third-order valence-electron chi connectivity index (χ3n) is 3.83. The van der Waals surface area contributed by atoms with E-state index in [4.69, 9.17) is 16.3 Å². The molecule has 128 valence electrons. The Morgan fingerprint density at radius 1 is 1.16 bits per heavy atom. The number of fused-ring (bicyclic) bond motifs is 1. The summed E-state index contributed by atoms with van der Waals surface area (Å²) in [4.78, 5) is 37.7. The van der Waals surface area contributed by atoms with Gasteiger partial charge in [0, 0.05) is 11.0 Å². The van der Waals surface area contributed by atoms with E-state index >= 15 is 0 Å². The standard InChI is InChI=1S/C18H13BrClNO4/c1-10-8-11(19)9-14(20)16(10)25-15(22)6-7-21-17(23)12-4-2-3-5-13(12)18(21)24/h2-5,8-9H,6-7H2,1H3. The fourth-order valence-electron chi connectivity index (χ4n) is 2.63. The molecule has 2 amide bonds. The molecule has 0 bridgehead atoms. The highest BCUT2D eigenvalue weighted by molar-refractivity contribution is 9.10. The fraction of sp³-hybridized carbons (Fsp3) is 0.167. The number of carbonyl (C=O) groups is 3. The summed E-state index contributed by atoms with van der Waals surface area (Å²) in [5.41, 5.74) is 1.41. The zero-order valence-electron chi connectivity index (χ0n) is 13.2. The second-order valence-corrected chi connectivity index (χ2v) is 6.89. The van der Waals surface area contributed by atoms with Gasteiger partial charge in [-0.1, -0.05) is 39.7 Å². The molecule has 0 N–H and O–H groups in total. The average Bonchev–Trinajstić information content (AvgIpc) is 2.81. The maximum absolute atomic E-state index is 12.3. The number of imide groups is 1. The molecule has 1 aliphatic rings. The second kappa shape index (κ2) is 6.98. The number of rotatable bonds is 4. The Kier molecular flexibility index (Phi) is 4.92. The molecule has 1 heterocycles. The highest BCUT2D eigenvalue weighted by Gasteiger charge is 2.35. The van der Waals surface area contributed by atoms with Crippen molar-refractivity contribution in [2.24, 2.45) is 0 Å². The summed E-state index contributed by atoms with van der Waals surface area (Å²) in [5.74, 6) is -1.08. The number of benzene rings is 2. The molecular weight excluding hydrogens is 410 g/mol. The Labute approximate surface area is 157 Å². The first kappa shape index (κ1) is 17.6. The first-order valence-electron chi connectivity index (χ1n) is 7.50. The number of ether oxygens (including phenoxy) is 1. The summed E-state index contributed by atoms with van der Waals surface area (Å²) >= 11 is 9.40. The lowest BCUT2D eigenvalue weighted by Gasteiger charge is -2.14. The van der Waals surface area contributed by atoms with Crippen LogP contribution in [0.5, 0.6) is 5.75 Å². The van der Waals surface area contributed by atoms with Gasteiger partial charge in [0.1, 0.15) is 0 Å². The summed E-state index contributed by atoms with van der Waals surface area (Å²) in [5, 5.41) is 0.306. The number of hydrogen-bond acceptors (Lipinski definition) is 4. The fourth-order valence-corrected chi connectivity index (χ4v) is 3.64. The highest BCUT2D eigenvalue weighted by Crippen LogP contribution is 2.32. The Balaban J connectivity index is 1.66. The van der Waals surface area contributed by atoms with E-state index in [-0.39, 0.29) is 18.7 Å². The molecule has 0 saturated carbocycles. The van der Waals surface area contributed by atoms with E-state index in [1.165, 1.54) is 0 Å². The quantitative estimate of drug-likeness (QED) is 0.424. The Morgan fingerprint density at radius 2 is 1.76 bits per heavy atom. The second-order valence-electron chi connectivity index (χ2n) is 5.57. The molecule has 25 heavy (non-hydrogen) atoms. The zero-order chi connectivity index (χ0) is 18.1.